The van der Waals surface area contributed by atoms with E-state index in [1.165, 1.54) is 7.11 Å². The SMILES string of the molecule is CO[C@@H](Cc1ccc(OCCCOc2ccc(C(=O)CCc3ccccc3)cc2)cc1)C(O)O. The van der Waals surface area contributed by atoms with Crippen molar-refractivity contribution in [3.8, 4) is 11.5 Å². The first-order valence-corrected chi connectivity index (χ1v) is 11.5. The van der Waals surface area contributed by atoms with Crippen LogP contribution in [0.5, 0.6) is 11.5 Å². The van der Waals surface area contributed by atoms with Crippen molar-refractivity contribution in [2.45, 2.75) is 38.1 Å². The first-order valence-electron chi connectivity index (χ1n) is 11.5. The summed E-state index contributed by atoms with van der Waals surface area (Å²) in [4.78, 5) is 12.4. The smallest absolute Gasteiger partial charge is 0.178 e. The number of benzene rings is 3. The fourth-order valence-corrected chi connectivity index (χ4v) is 3.49. The number of ketones is 1. The van der Waals surface area contributed by atoms with Crippen LogP contribution in [-0.4, -0.2) is 48.7 Å². The van der Waals surface area contributed by atoms with Crippen molar-refractivity contribution in [3.63, 3.8) is 0 Å². The van der Waals surface area contributed by atoms with E-state index in [4.69, 9.17) is 14.2 Å². The zero-order valence-electron chi connectivity index (χ0n) is 19.4. The van der Waals surface area contributed by atoms with E-state index in [1.54, 1.807) is 0 Å². The molecule has 0 radical (unpaired) electrons. The van der Waals surface area contributed by atoms with Crippen LogP contribution in [-0.2, 0) is 17.6 Å². The van der Waals surface area contributed by atoms with Crippen LogP contribution in [0.15, 0.2) is 78.9 Å². The normalized spacial score (nSPS) is 11.9. The number of ether oxygens (including phenoxy) is 3. The van der Waals surface area contributed by atoms with Gasteiger partial charge in [0.1, 0.15) is 17.6 Å². The Morgan fingerprint density at radius 1 is 0.794 bits per heavy atom. The molecular weight excluding hydrogens is 432 g/mol. The van der Waals surface area contributed by atoms with Crippen LogP contribution in [0.1, 0.15) is 34.3 Å². The lowest BCUT2D eigenvalue weighted by Gasteiger charge is -2.17. The average molecular weight is 465 g/mol. The topological polar surface area (TPSA) is 85.2 Å². The molecule has 3 rings (SSSR count). The maximum absolute atomic E-state index is 12.4. The second-order valence-electron chi connectivity index (χ2n) is 8.02. The Morgan fingerprint density at radius 3 is 1.94 bits per heavy atom. The molecule has 0 heterocycles. The quantitative estimate of drug-likeness (QED) is 0.211. The molecule has 180 valence electrons. The van der Waals surface area contributed by atoms with Crippen LogP contribution in [0.2, 0.25) is 0 Å². The summed E-state index contributed by atoms with van der Waals surface area (Å²) in [6.45, 7) is 1.01. The zero-order valence-corrected chi connectivity index (χ0v) is 19.4. The second-order valence-corrected chi connectivity index (χ2v) is 8.02. The van der Waals surface area contributed by atoms with Crippen molar-refractivity contribution in [2.24, 2.45) is 0 Å². The van der Waals surface area contributed by atoms with Gasteiger partial charge in [0.15, 0.2) is 12.1 Å². The van der Waals surface area contributed by atoms with Gasteiger partial charge in [-0.1, -0.05) is 42.5 Å². The number of hydrogen-bond donors (Lipinski definition) is 2. The molecule has 0 aromatic heterocycles. The van der Waals surface area contributed by atoms with E-state index >= 15 is 0 Å². The van der Waals surface area contributed by atoms with Crippen molar-refractivity contribution in [1.29, 1.82) is 0 Å². The van der Waals surface area contributed by atoms with Crippen molar-refractivity contribution < 1.29 is 29.2 Å². The average Bonchev–Trinajstić information content (AvgIpc) is 2.87. The summed E-state index contributed by atoms with van der Waals surface area (Å²) in [5, 5.41) is 18.5. The third kappa shape index (κ3) is 8.30. The van der Waals surface area contributed by atoms with Crippen LogP contribution in [0.4, 0.5) is 0 Å². The zero-order chi connectivity index (χ0) is 24.2. The van der Waals surface area contributed by atoms with Gasteiger partial charge in [0, 0.05) is 31.9 Å². The fraction of sp³-hybridized carbons (Fsp3) is 0.321. The lowest BCUT2D eigenvalue weighted by atomic mass is 10.0. The van der Waals surface area contributed by atoms with Gasteiger partial charge in [-0.25, -0.2) is 0 Å². The van der Waals surface area contributed by atoms with Gasteiger partial charge in [0.2, 0.25) is 0 Å². The molecule has 2 N–H and O–H groups in total. The minimum Gasteiger partial charge on any atom is -0.493 e. The number of aryl methyl sites for hydroxylation is 1. The van der Waals surface area contributed by atoms with Gasteiger partial charge in [-0.15, -0.1) is 0 Å². The molecule has 0 bridgehead atoms. The lowest BCUT2D eigenvalue weighted by Crippen LogP contribution is -2.29. The van der Waals surface area contributed by atoms with E-state index in [0.29, 0.717) is 38.0 Å². The Labute approximate surface area is 200 Å². The van der Waals surface area contributed by atoms with E-state index in [0.717, 1.165) is 29.0 Å². The minimum atomic E-state index is -1.52. The molecule has 0 spiro atoms. The Balaban J connectivity index is 1.33. The first-order chi connectivity index (χ1) is 16.5. The van der Waals surface area contributed by atoms with Crippen molar-refractivity contribution >= 4 is 5.78 Å². The predicted octanol–water partition coefficient (Wildman–Crippen LogP) is 4.22. The number of aliphatic hydroxyl groups excluding tert-OH is 1. The molecule has 0 saturated carbocycles. The Morgan fingerprint density at radius 2 is 1.38 bits per heavy atom. The maximum atomic E-state index is 12.4. The van der Waals surface area contributed by atoms with E-state index in [9.17, 15) is 15.0 Å². The molecular formula is C28H32O6. The van der Waals surface area contributed by atoms with E-state index < -0.39 is 12.4 Å². The predicted molar refractivity (Wildman–Crippen MR) is 130 cm³/mol. The summed E-state index contributed by atoms with van der Waals surface area (Å²) in [5.74, 6) is 1.59. The maximum Gasteiger partial charge on any atom is 0.178 e. The molecule has 6 nitrogen and oxygen atoms in total. The molecule has 0 fully saturated rings. The first kappa shape index (κ1) is 25.4. The molecule has 3 aromatic carbocycles. The number of Topliss-reactive ketones (excluding diaryl/α,β-unsaturated/α-hetero) is 1. The van der Waals surface area contributed by atoms with Crippen LogP contribution < -0.4 is 9.47 Å². The lowest BCUT2D eigenvalue weighted by molar-refractivity contribution is -0.133. The highest BCUT2D eigenvalue weighted by Crippen LogP contribution is 2.17. The van der Waals surface area contributed by atoms with E-state index in [2.05, 4.69) is 0 Å². The van der Waals surface area contributed by atoms with Gasteiger partial charge in [-0.2, -0.15) is 0 Å². The van der Waals surface area contributed by atoms with Crippen LogP contribution in [0.3, 0.4) is 0 Å². The summed E-state index contributed by atoms with van der Waals surface area (Å²) in [7, 11) is 1.45. The van der Waals surface area contributed by atoms with Crippen LogP contribution in [0.25, 0.3) is 0 Å². The summed E-state index contributed by atoms with van der Waals surface area (Å²) < 4.78 is 16.5. The van der Waals surface area contributed by atoms with E-state index in [1.807, 2.05) is 78.9 Å². The molecule has 0 unspecified atom stereocenters. The second kappa shape index (κ2) is 13.5. The summed E-state index contributed by atoms with van der Waals surface area (Å²) in [6.07, 6.45) is 0.156. The largest absolute Gasteiger partial charge is 0.493 e. The molecule has 0 aliphatic rings. The summed E-state index contributed by atoms with van der Waals surface area (Å²) in [5.41, 5.74) is 2.79. The van der Waals surface area contributed by atoms with E-state index in [-0.39, 0.29) is 5.78 Å². The molecule has 3 aromatic rings. The van der Waals surface area contributed by atoms with Crippen molar-refractivity contribution in [1.82, 2.24) is 0 Å². The van der Waals surface area contributed by atoms with Gasteiger partial charge in [-0.05, 0) is 53.9 Å². The Bertz CT molecular complexity index is 984. The highest BCUT2D eigenvalue weighted by atomic mass is 16.5. The number of hydrogen-bond acceptors (Lipinski definition) is 6. The molecule has 1 atom stereocenters. The minimum absolute atomic E-state index is 0.125. The third-order valence-electron chi connectivity index (χ3n) is 5.48. The molecule has 0 aliphatic heterocycles. The number of aliphatic hydroxyl groups is 2. The number of carbonyl (C=O) groups is 1. The van der Waals surface area contributed by atoms with Crippen LogP contribution in [0, 0.1) is 0 Å². The number of rotatable bonds is 14. The number of methoxy groups -OCH3 is 1. The standard InChI is InChI=1S/C28H32O6/c1-32-27(28(30)31)20-22-8-13-24(14-9-22)33-18-5-19-34-25-15-11-23(12-16-25)26(29)17-10-21-6-3-2-4-7-21/h2-4,6-9,11-16,27-28,30-31H,5,10,17-20H2,1H3/t27-/m0/s1. The molecule has 0 aliphatic carbocycles. The van der Waals surface area contributed by atoms with Gasteiger partial charge < -0.3 is 24.4 Å². The Kier molecular flexibility index (Phi) is 10.1. The molecule has 34 heavy (non-hydrogen) atoms. The molecule has 6 heteroatoms. The Hall–Kier alpha value is -3.19. The highest BCUT2D eigenvalue weighted by molar-refractivity contribution is 5.96. The summed E-state index contributed by atoms with van der Waals surface area (Å²) in [6, 6.07) is 24.7. The summed E-state index contributed by atoms with van der Waals surface area (Å²) >= 11 is 0. The fourth-order valence-electron chi connectivity index (χ4n) is 3.49. The van der Waals surface area contributed by atoms with Gasteiger partial charge >= 0.3 is 0 Å². The highest BCUT2D eigenvalue weighted by Gasteiger charge is 2.16. The van der Waals surface area contributed by atoms with Crippen LogP contribution >= 0.6 is 0 Å². The number of carbonyl (C=O) groups excluding carboxylic acids is 1. The molecule has 0 saturated heterocycles. The molecule has 0 amide bonds. The van der Waals surface area contributed by atoms with Crippen molar-refractivity contribution in [2.75, 3.05) is 20.3 Å². The third-order valence-corrected chi connectivity index (χ3v) is 5.48. The van der Waals surface area contributed by atoms with Crippen molar-refractivity contribution in [3.05, 3.63) is 95.6 Å². The van der Waals surface area contributed by atoms with Gasteiger partial charge in [0.05, 0.1) is 13.2 Å². The monoisotopic (exact) mass is 464 g/mol. The van der Waals surface area contributed by atoms with Gasteiger partial charge in [-0.3, -0.25) is 4.79 Å². The van der Waals surface area contributed by atoms with Gasteiger partial charge in [0.25, 0.3) is 0 Å².